The number of hydrogen-bond donors (Lipinski definition) is 1. The van der Waals surface area contributed by atoms with Gasteiger partial charge in [0.1, 0.15) is 0 Å². The average molecular weight is 251 g/mol. The maximum absolute atomic E-state index is 10.1. The van der Waals surface area contributed by atoms with Crippen LogP contribution in [0.25, 0.3) is 0 Å². The zero-order chi connectivity index (χ0) is 12.4. The van der Waals surface area contributed by atoms with Crippen LogP contribution < -0.4 is 0 Å². The van der Waals surface area contributed by atoms with Crippen LogP contribution in [0.2, 0.25) is 5.02 Å². The highest BCUT2D eigenvalue weighted by molar-refractivity contribution is 6.30. The number of aromatic nitrogens is 2. The van der Waals surface area contributed by atoms with Crippen molar-refractivity contribution in [1.82, 2.24) is 9.78 Å². The molecule has 0 spiro atoms. The Morgan fingerprint density at radius 3 is 2.76 bits per heavy atom. The molecular weight excluding hydrogens is 236 g/mol. The lowest BCUT2D eigenvalue weighted by atomic mass is 10.0. The molecule has 0 saturated heterocycles. The number of rotatable bonds is 3. The van der Waals surface area contributed by atoms with Crippen LogP contribution in [0, 0.1) is 6.92 Å². The van der Waals surface area contributed by atoms with Crippen LogP contribution in [0.15, 0.2) is 30.6 Å². The Morgan fingerprint density at radius 2 is 2.18 bits per heavy atom. The van der Waals surface area contributed by atoms with E-state index in [2.05, 4.69) is 5.10 Å². The smallest absolute Gasteiger partial charge is 0.0832 e. The summed E-state index contributed by atoms with van der Waals surface area (Å²) in [4.78, 5) is 0. The summed E-state index contributed by atoms with van der Waals surface area (Å²) >= 11 is 5.97. The van der Waals surface area contributed by atoms with Crippen LogP contribution >= 0.6 is 11.6 Å². The predicted octanol–water partition coefficient (Wildman–Crippen LogP) is 2.66. The van der Waals surface area contributed by atoms with Crippen LogP contribution in [0.4, 0.5) is 0 Å². The van der Waals surface area contributed by atoms with Crippen molar-refractivity contribution in [1.29, 1.82) is 0 Å². The van der Waals surface area contributed by atoms with Gasteiger partial charge in [-0.15, -0.1) is 0 Å². The molecule has 0 saturated carbocycles. The van der Waals surface area contributed by atoms with E-state index in [9.17, 15) is 5.11 Å². The molecule has 1 N–H and O–H groups in total. The van der Waals surface area contributed by atoms with Gasteiger partial charge in [0.25, 0.3) is 0 Å². The van der Waals surface area contributed by atoms with Gasteiger partial charge in [-0.05, 0) is 35.7 Å². The molecule has 90 valence electrons. The number of nitrogens with zero attached hydrogens (tertiary/aromatic N) is 2. The van der Waals surface area contributed by atoms with E-state index in [1.165, 1.54) is 0 Å². The Kier molecular flexibility index (Phi) is 3.50. The lowest BCUT2D eigenvalue weighted by Crippen LogP contribution is -2.01. The van der Waals surface area contributed by atoms with Crippen molar-refractivity contribution in [2.75, 3.05) is 0 Å². The number of aryl methyl sites for hydroxylation is 2. The molecule has 0 bridgehead atoms. The average Bonchev–Trinajstić information content (AvgIpc) is 2.62. The maximum atomic E-state index is 10.1. The van der Waals surface area contributed by atoms with Crippen molar-refractivity contribution < 1.29 is 5.11 Å². The summed E-state index contributed by atoms with van der Waals surface area (Å²) in [5, 5.41) is 14.9. The third kappa shape index (κ3) is 3.08. The Bertz CT molecular complexity index is 502. The Balaban J connectivity index is 2.16. The number of aliphatic hydroxyl groups excluding tert-OH is 1. The van der Waals surface area contributed by atoms with Gasteiger partial charge < -0.3 is 5.11 Å². The van der Waals surface area contributed by atoms with E-state index in [1.54, 1.807) is 16.9 Å². The molecule has 2 rings (SSSR count). The van der Waals surface area contributed by atoms with E-state index in [4.69, 9.17) is 11.6 Å². The molecule has 0 fully saturated rings. The molecule has 0 radical (unpaired) electrons. The molecule has 3 nitrogen and oxygen atoms in total. The minimum Gasteiger partial charge on any atom is -0.388 e. The van der Waals surface area contributed by atoms with Gasteiger partial charge in [-0.1, -0.05) is 17.7 Å². The molecule has 17 heavy (non-hydrogen) atoms. The summed E-state index contributed by atoms with van der Waals surface area (Å²) in [7, 11) is 1.86. The molecule has 0 aliphatic heterocycles. The molecule has 2 aromatic rings. The van der Waals surface area contributed by atoms with E-state index < -0.39 is 6.10 Å². The van der Waals surface area contributed by atoms with Gasteiger partial charge in [0.2, 0.25) is 0 Å². The lowest BCUT2D eigenvalue weighted by molar-refractivity contribution is 0.178. The van der Waals surface area contributed by atoms with E-state index >= 15 is 0 Å². The second-order valence-electron chi connectivity index (χ2n) is 4.30. The first-order valence-corrected chi connectivity index (χ1v) is 5.85. The molecule has 4 heteroatoms. The fraction of sp³-hybridized carbons (Fsp3) is 0.308. The quantitative estimate of drug-likeness (QED) is 0.910. The van der Waals surface area contributed by atoms with E-state index in [0.717, 1.165) is 16.7 Å². The van der Waals surface area contributed by atoms with E-state index in [0.29, 0.717) is 11.4 Å². The van der Waals surface area contributed by atoms with Crippen molar-refractivity contribution in [2.45, 2.75) is 19.4 Å². The molecular formula is C13H15ClN2O. The molecule has 1 heterocycles. The van der Waals surface area contributed by atoms with Crippen molar-refractivity contribution in [3.8, 4) is 0 Å². The first-order valence-electron chi connectivity index (χ1n) is 5.47. The first-order chi connectivity index (χ1) is 8.04. The van der Waals surface area contributed by atoms with Gasteiger partial charge in [-0.25, -0.2) is 0 Å². The summed E-state index contributed by atoms with van der Waals surface area (Å²) in [6.45, 7) is 1.96. The maximum Gasteiger partial charge on any atom is 0.0832 e. The zero-order valence-corrected chi connectivity index (χ0v) is 10.6. The van der Waals surface area contributed by atoms with Crippen molar-refractivity contribution in [3.63, 3.8) is 0 Å². The second kappa shape index (κ2) is 4.90. The van der Waals surface area contributed by atoms with E-state index in [-0.39, 0.29) is 0 Å². The Morgan fingerprint density at radius 1 is 1.41 bits per heavy atom. The van der Waals surface area contributed by atoms with Crippen LogP contribution in [0.5, 0.6) is 0 Å². The van der Waals surface area contributed by atoms with Crippen molar-refractivity contribution in [3.05, 3.63) is 52.3 Å². The van der Waals surface area contributed by atoms with Crippen LogP contribution in [0.3, 0.4) is 0 Å². The summed E-state index contributed by atoms with van der Waals surface area (Å²) in [6.07, 6.45) is 3.67. The highest BCUT2D eigenvalue weighted by Crippen LogP contribution is 2.23. The molecule has 0 aliphatic carbocycles. The Hall–Kier alpha value is -1.32. The number of halogens is 1. The number of hydrogen-bond acceptors (Lipinski definition) is 2. The monoisotopic (exact) mass is 250 g/mol. The summed E-state index contributed by atoms with van der Waals surface area (Å²) in [5.41, 5.74) is 2.91. The summed E-state index contributed by atoms with van der Waals surface area (Å²) < 4.78 is 1.73. The highest BCUT2D eigenvalue weighted by atomic mass is 35.5. The molecule has 1 aromatic carbocycles. The minimum atomic E-state index is -0.545. The molecule has 1 unspecified atom stereocenters. The van der Waals surface area contributed by atoms with Gasteiger partial charge in [0.05, 0.1) is 12.3 Å². The standard InChI is InChI=1S/C13H15ClN2O/c1-9-3-11(6-12(14)4-9)13(17)5-10-7-15-16(2)8-10/h3-4,6-8,13,17H,5H2,1-2H3. The van der Waals surface area contributed by atoms with Crippen molar-refractivity contribution >= 4 is 11.6 Å². The third-order valence-electron chi connectivity index (χ3n) is 2.64. The lowest BCUT2D eigenvalue weighted by Gasteiger charge is -2.11. The molecule has 1 aromatic heterocycles. The highest BCUT2D eigenvalue weighted by Gasteiger charge is 2.10. The van der Waals surface area contributed by atoms with Crippen molar-refractivity contribution in [2.24, 2.45) is 7.05 Å². The second-order valence-corrected chi connectivity index (χ2v) is 4.74. The van der Waals surface area contributed by atoms with Gasteiger partial charge in [-0.3, -0.25) is 4.68 Å². The summed E-state index contributed by atoms with van der Waals surface area (Å²) in [5.74, 6) is 0. The largest absolute Gasteiger partial charge is 0.388 e. The summed E-state index contributed by atoms with van der Waals surface area (Å²) in [6, 6.07) is 5.63. The van der Waals surface area contributed by atoms with Gasteiger partial charge in [0, 0.05) is 24.7 Å². The third-order valence-corrected chi connectivity index (χ3v) is 2.85. The fourth-order valence-electron chi connectivity index (χ4n) is 1.88. The topological polar surface area (TPSA) is 38.1 Å². The molecule has 0 aliphatic rings. The van der Waals surface area contributed by atoms with Gasteiger partial charge in [-0.2, -0.15) is 5.10 Å². The number of benzene rings is 1. The van der Waals surface area contributed by atoms with Crippen LogP contribution in [-0.4, -0.2) is 14.9 Å². The SMILES string of the molecule is Cc1cc(Cl)cc(C(O)Cc2cnn(C)c2)c1. The van der Waals surface area contributed by atoms with Gasteiger partial charge in [0.15, 0.2) is 0 Å². The first kappa shape index (κ1) is 12.1. The molecule has 0 amide bonds. The predicted molar refractivity (Wildman–Crippen MR) is 68.1 cm³/mol. The van der Waals surface area contributed by atoms with Crippen LogP contribution in [-0.2, 0) is 13.5 Å². The number of aliphatic hydroxyl groups is 1. The normalized spacial score (nSPS) is 12.7. The zero-order valence-electron chi connectivity index (χ0n) is 9.89. The minimum absolute atomic E-state index is 0.545. The Labute approximate surface area is 106 Å². The molecule has 1 atom stereocenters. The van der Waals surface area contributed by atoms with Gasteiger partial charge >= 0.3 is 0 Å². The van der Waals surface area contributed by atoms with Crippen LogP contribution in [0.1, 0.15) is 22.8 Å². The van der Waals surface area contributed by atoms with E-state index in [1.807, 2.05) is 32.3 Å². The fourth-order valence-corrected chi connectivity index (χ4v) is 2.17.